The lowest BCUT2D eigenvalue weighted by Crippen LogP contribution is -2.31. The van der Waals surface area contributed by atoms with Crippen molar-refractivity contribution in [2.75, 3.05) is 11.4 Å². The molecule has 0 aliphatic heterocycles. The number of carbonyl (C=O) groups excluding carboxylic acids is 1. The van der Waals surface area contributed by atoms with Crippen LogP contribution in [0.4, 0.5) is 10.1 Å². The first kappa shape index (κ1) is 13.2. The van der Waals surface area contributed by atoms with Gasteiger partial charge in [-0.2, -0.15) is 0 Å². The molecule has 0 spiro atoms. The van der Waals surface area contributed by atoms with Crippen LogP contribution in [0.1, 0.15) is 22.8 Å². The quantitative estimate of drug-likeness (QED) is 0.847. The van der Waals surface area contributed by atoms with Gasteiger partial charge in [0.25, 0.3) is 5.91 Å². The number of aromatic nitrogens is 1. The van der Waals surface area contributed by atoms with Crippen LogP contribution in [0.3, 0.4) is 0 Å². The molecule has 98 valence electrons. The number of halogens is 1. The van der Waals surface area contributed by atoms with Crippen molar-refractivity contribution in [3.8, 4) is 0 Å². The third kappa shape index (κ3) is 2.78. The number of benzene rings is 1. The van der Waals surface area contributed by atoms with Crippen LogP contribution in [0.25, 0.3) is 0 Å². The van der Waals surface area contributed by atoms with Crippen LogP contribution in [0, 0.1) is 12.7 Å². The van der Waals surface area contributed by atoms with Crippen LogP contribution in [-0.4, -0.2) is 17.4 Å². The molecule has 0 bridgehead atoms. The fourth-order valence-electron chi connectivity index (χ4n) is 1.93. The third-order valence-corrected chi connectivity index (χ3v) is 2.88. The zero-order valence-electron chi connectivity index (χ0n) is 10.9. The first-order valence-electron chi connectivity index (χ1n) is 6.11. The van der Waals surface area contributed by atoms with Crippen molar-refractivity contribution >= 4 is 11.6 Å². The number of rotatable bonds is 3. The highest BCUT2D eigenvalue weighted by Gasteiger charge is 2.19. The van der Waals surface area contributed by atoms with E-state index >= 15 is 0 Å². The lowest BCUT2D eigenvalue weighted by Gasteiger charge is -2.21. The second-order valence-electron chi connectivity index (χ2n) is 4.24. The van der Waals surface area contributed by atoms with Gasteiger partial charge in [-0.15, -0.1) is 0 Å². The van der Waals surface area contributed by atoms with Crippen LogP contribution in [0.15, 0.2) is 42.7 Å². The normalized spacial score (nSPS) is 10.3. The predicted octanol–water partition coefficient (Wildman–Crippen LogP) is 3.20. The molecule has 0 aliphatic carbocycles. The molecule has 0 aliphatic rings. The van der Waals surface area contributed by atoms with Gasteiger partial charge in [-0.1, -0.05) is 12.1 Å². The molecule has 0 radical (unpaired) electrons. The number of aryl methyl sites for hydroxylation is 1. The van der Waals surface area contributed by atoms with E-state index < -0.39 is 5.82 Å². The Labute approximate surface area is 111 Å². The maximum atomic E-state index is 13.6. The largest absolute Gasteiger partial charge is 0.309 e. The molecule has 0 N–H and O–H groups in total. The predicted molar refractivity (Wildman–Crippen MR) is 72.7 cm³/mol. The molecule has 19 heavy (non-hydrogen) atoms. The Morgan fingerprint density at radius 1 is 1.37 bits per heavy atom. The Bertz CT molecular complexity index is 598. The van der Waals surface area contributed by atoms with Crippen molar-refractivity contribution in [3.05, 3.63) is 59.7 Å². The fraction of sp³-hybridized carbons (Fsp3) is 0.200. The Hall–Kier alpha value is -2.23. The van der Waals surface area contributed by atoms with E-state index in [0.29, 0.717) is 6.54 Å². The Morgan fingerprint density at radius 3 is 2.79 bits per heavy atom. The van der Waals surface area contributed by atoms with E-state index in [2.05, 4.69) is 4.98 Å². The molecule has 1 aromatic heterocycles. The Balaban J connectivity index is 2.38. The summed E-state index contributed by atoms with van der Waals surface area (Å²) in [6.45, 7) is 4.29. The van der Waals surface area contributed by atoms with E-state index in [1.54, 1.807) is 4.90 Å². The minimum atomic E-state index is -0.599. The second kappa shape index (κ2) is 5.61. The fourth-order valence-corrected chi connectivity index (χ4v) is 1.93. The minimum absolute atomic E-state index is 0.0401. The summed E-state index contributed by atoms with van der Waals surface area (Å²) in [5.41, 5.74) is 1.86. The summed E-state index contributed by atoms with van der Waals surface area (Å²) >= 11 is 0. The summed E-state index contributed by atoms with van der Waals surface area (Å²) in [6, 6.07) is 8.97. The van der Waals surface area contributed by atoms with Crippen LogP contribution in [0.2, 0.25) is 0 Å². The van der Waals surface area contributed by atoms with E-state index in [1.807, 2.05) is 38.1 Å². The number of pyridine rings is 1. The molecule has 0 saturated carbocycles. The zero-order chi connectivity index (χ0) is 13.8. The van der Waals surface area contributed by atoms with Crippen molar-refractivity contribution < 1.29 is 9.18 Å². The van der Waals surface area contributed by atoms with Gasteiger partial charge in [-0.3, -0.25) is 9.78 Å². The summed E-state index contributed by atoms with van der Waals surface area (Å²) in [6.07, 6.45) is 2.47. The first-order valence-corrected chi connectivity index (χ1v) is 6.11. The number of amides is 1. The average molecular weight is 258 g/mol. The van der Waals surface area contributed by atoms with Crippen LogP contribution in [-0.2, 0) is 0 Å². The molecule has 0 atom stereocenters. The standard InChI is InChI=1S/C15H15FN2O/c1-3-18(12-6-4-5-11(2)9-12)15(19)13-7-8-17-10-14(13)16/h4-10H,3H2,1-2H3. The van der Waals surface area contributed by atoms with Gasteiger partial charge in [0.1, 0.15) is 0 Å². The van der Waals surface area contributed by atoms with E-state index in [-0.39, 0.29) is 11.5 Å². The van der Waals surface area contributed by atoms with Crippen molar-refractivity contribution in [1.82, 2.24) is 4.98 Å². The topological polar surface area (TPSA) is 33.2 Å². The third-order valence-electron chi connectivity index (χ3n) is 2.88. The second-order valence-corrected chi connectivity index (χ2v) is 4.24. The minimum Gasteiger partial charge on any atom is -0.309 e. The maximum Gasteiger partial charge on any atom is 0.261 e. The molecule has 2 rings (SSSR count). The summed E-state index contributed by atoms with van der Waals surface area (Å²) in [5.74, 6) is -0.952. The van der Waals surface area contributed by atoms with Crippen LogP contribution >= 0.6 is 0 Å². The van der Waals surface area contributed by atoms with Gasteiger partial charge >= 0.3 is 0 Å². The average Bonchev–Trinajstić information content (AvgIpc) is 2.40. The summed E-state index contributed by atoms with van der Waals surface area (Å²) in [5, 5.41) is 0. The van der Waals surface area contributed by atoms with Crippen molar-refractivity contribution in [3.63, 3.8) is 0 Å². The molecule has 0 unspecified atom stereocenters. The van der Waals surface area contributed by atoms with Gasteiger partial charge < -0.3 is 4.90 Å². The van der Waals surface area contributed by atoms with Gasteiger partial charge in [0, 0.05) is 18.4 Å². The maximum absolute atomic E-state index is 13.6. The lowest BCUT2D eigenvalue weighted by atomic mass is 10.1. The molecule has 2 aromatic rings. The first-order chi connectivity index (χ1) is 9.13. The summed E-state index contributed by atoms with van der Waals surface area (Å²) in [7, 11) is 0. The van der Waals surface area contributed by atoms with Gasteiger partial charge in [-0.05, 0) is 37.6 Å². The van der Waals surface area contributed by atoms with E-state index in [1.165, 1.54) is 12.3 Å². The summed E-state index contributed by atoms with van der Waals surface area (Å²) in [4.78, 5) is 17.6. The van der Waals surface area contributed by atoms with Crippen LogP contribution in [0.5, 0.6) is 0 Å². The van der Waals surface area contributed by atoms with Crippen LogP contribution < -0.4 is 4.90 Å². The molecule has 1 amide bonds. The van der Waals surface area contributed by atoms with Crippen molar-refractivity contribution in [2.24, 2.45) is 0 Å². The molecule has 0 fully saturated rings. The number of hydrogen-bond donors (Lipinski definition) is 0. The Kier molecular flexibility index (Phi) is 3.90. The molecule has 3 nitrogen and oxygen atoms in total. The zero-order valence-corrected chi connectivity index (χ0v) is 10.9. The van der Waals surface area contributed by atoms with Gasteiger partial charge in [0.2, 0.25) is 0 Å². The van der Waals surface area contributed by atoms with Gasteiger partial charge in [-0.25, -0.2) is 4.39 Å². The van der Waals surface area contributed by atoms with Crippen molar-refractivity contribution in [2.45, 2.75) is 13.8 Å². The monoisotopic (exact) mass is 258 g/mol. The highest BCUT2D eigenvalue weighted by molar-refractivity contribution is 6.06. The van der Waals surface area contributed by atoms with Gasteiger partial charge in [0.05, 0.1) is 11.8 Å². The molecule has 1 aromatic carbocycles. The van der Waals surface area contributed by atoms with E-state index in [9.17, 15) is 9.18 Å². The van der Waals surface area contributed by atoms with E-state index in [4.69, 9.17) is 0 Å². The molecule has 4 heteroatoms. The highest BCUT2D eigenvalue weighted by atomic mass is 19.1. The number of nitrogens with zero attached hydrogens (tertiary/aromatic N) is 2. The number of anilines is 1. The highest BCUT2D eigenvalue weighted by Crippen LogP contribution is 2.19. The number of hydrogen-bond acceptors (Lipinski definition) is 2. The molecular formula is C15H15FN2O. The lowest BCUT2D eigenvalue weighted by molar-refractivity contribution is 0.0984. The van der Waals surface area contributed by atoms with E-state index in [0.717, 1.165) is 17.4 Å². The smallest absolute Gasteiger partial charge is 0.261 e. The summed E-state index contributed by atoms with van der Waals surface area (Å²) < 4.78 is 13.6. The van der Waals surface area contributed by atoms with Crippen molar-refractivity contribution in [1.29, 1.82) is 0 Å². The molecule has 1 heterocycles. The molecule has 0 saturated heterocycles. The SMILES string of the molecule is CCN(C(=O)c1ccncc1F)c1cccc(C)c1. The molecular weight excluding hydrogens is 243 g/mol. The Morgan fingerprint density at radius 2 is 2.16 bits per heavy atom. The van der Waals surface area contributed by atoms with Gasteiger partial charge in [0.15, 0.2) is 5.82 Å². The number of carbonyl (C=O) groups is 1.